The average molecular weight is 481 g/mol. The highest BCUT2D eigenvalue weighted by Gasteiger charge is 2.20. The maximum Gasteiger partial charge on any atom is 0.332 e. The van der Waals surface area contributed by atoms with Crippen LogP contribution in [0.1, 0.15) is 12.0 Å². The van der Waals surface area contributed by atoms with Gasteiger partial charge in [0.25, 0.3) is 5.56 Å². The maximum absolute atomic E-state index is 13.0. The lowest BCUT2D eigenvalue weighted by Crippen LogP contribution is -2.37. The Morgan fingerprint density at radius 1 is 1.12 bits per heavy atom. The van der Waals surface area contributed by atoms with Crippen molar-refractivity contribution in [3.63, 3.8) is 0 Å². The van der Waals surface area contributed by atoms with E-state index < -0.39 is 11.2 Å². The van der Waals surface area contributed by atoms with Crippen LogP contribution in [-0.4, -0.2) is 63.0 Å². The molecule has 0 radical (unpaired) electrons. The smallest absolute Gasteiger partial charge is 0.332 e. The van der Waals surface area contributed by atoms with Crippen LogP contribution in [0.3, 0.4) is 0 Å². The molecule has 11 heteroatoms. The first-order valence-corrected chi connectivity index (χ1v) is 11.3. The zero-order chi connectivity index (χ0) is 22.8. The number of halogens is 2. The van der Waals surface area contributed by atoms with E-state index in [9.17, 15) is 9.59 Å². The third kappa shape index (κ3) is 4.56. The third-order valence-corrected chi connectivity index (χ3v) is 6.32. The number of imidazole rings is 1. The Balaban J connectivity index is 1.66. The number of nitrogens with zero attached hydrogens (tertiary/aromatic N) is 5. The Labute approximate surface area is 195 Å². The summed E-state index contributed by atoms with van der Waals surface area (Å²) in [5.41, 5.74) is 0.649. The van der Waals surface area contributed by atoms with Crippen molar-refractivity contribution < 1.29 is 4.74 Å². The number of benzene rings is 1. The first-order chi connectivity index (χ1) is 15.4. The van der Waals surface area contributed by atoms with Gasteiger partial charge in [0.05, 0.1) is 19.8 Å². The minimum atomic E-state index is -0.421. The van der Waals surface area contributed by atoms with Crippen LogP contribution in [0.4, 0.5) is 5.95 Å². The van der Waals surface area contributed by atoms with E-state index in [0.29, 0.717) is 40.2 Å². The topological polar surface area (TPSA) is 86.3 Å². The minimum Gasteiger partial charge on any atom is -0.379 e. The molecule has 0 bridgehead atoms. The first-order valence-electron chi connectivity index (χ1n) is 10.5. The molecule has 1 aliphatic heterocycles. The van der Waals surface area contributed by atoms with E-state index in [-0.39, 0.29) is 0 Å². The molecule has 9 nitrogen and oxygen atoms in total. The van der Waals surface area contributed by atoms with Crippen molar-refractivity contribution in [1.82, 2.24) is 23.6 Å². The number of fused-ring (bicyclic) bond motifs is 1. The zero-order valence-corrected chi connectivity index (χ0v) is 19.6. The van der Waals surface area contributed by atoms with Crippen LogP contribution in [0.25, 0.3) is 11.2 Å². The fourth-order valence-electron chi connectivity index (χ4n) is 3.88. The van der Waals surface area contributed by atoms with Gasteiger partial charge in [-0.1, -0.05) is 29.3 Å². The highest BCUT2D eigenvalue weighted by Crippen LogP contribution is 2.25. The maximum atomic E-state index is 13.0. The van der Waals surface area contributed by atoms with Gasteiger partial charge < -0.3 is 10.1 Å². The molecule has 3 aromatic rings. The zero-order valence-electron chi connectivity index (χ0n) is 18.1. The van der Waals surface area contributed by atoms with Gasteiger partial charge in [-0.3, -0.25) is 23.4 Å². The van der Waals surface area contributed by atoms with Crippen molar-refractivity contribution in [1.29, 1.82) is 0 Å². The highest BCUT2D eigenvalue weighted by atomic mass is 35.5. The number of nitrogens with one attached hydrogen (secondary N) is 1. The fraction of sp³-hybridized carbons (Fsp3) is 0.476. The van der Waals surface area contributed by atoms with Crippen LogP contribution in [0, 0.1) is 0 Å². The van der Waals surface area contributed by atoms with E-state index in [4.69, 9.17) is 27.9 Å². The Kier molecular flexibility index (Phi) is 6.90. The lowest BCUT2D eigenvalue weighted by molar-refractivity contribution is 0.0378. The van der Waals surface area contributed by atoms with Gasteiger partial charge in [0.2, 0.25) is 5.95 Å². The summed E-state index contributed by atoms with van der Waals surface area (Å²) >= 11 is 12.4. The van der Waals surface area contributed by atoms with Gasteiger partial charge in [0, 0.05) is 43.8 Å². The second kappa shape index (κ2) is 9.66. The first kappa shape index (κ1) is 22.8. The Hall–Kier alpha value is -2.33. The van der Waals surface area contributed by atoms with Crippen LogP contribution >= 0.6 is 23.2 Å². The molecular formula is C21H26Cl2N6O3. The van der Waals surface area contributed by atoms with E-state index in [1.54, 1.807) is 23.7 Å². The molecule has 1 aromatic carbocycles. The van der Waals surface area contributed by atoms with Crippen LogP contribution in [0.5, 0.6) is 0 Å². The number of hydrogen-bond donors (Lipinski definition) is 1. The second-order valence-corrected chi connectivity index (χ2v) is 8.71. The fourth-order valence-corrected chi connectivity index (χ4v) is 4.35. The van der Waals surface area contributed by atoms with E-state index >= 15 is 0 Å². The summed E-state index contributed by atoms with van der Waals surface area (Å²) in [7, 11) is 3.07. The Bertz CT molecular complexity index is 1240. The van der Waals surface area contributed by atoms with Crippen molar-refractivity contribution in [3.05, 3.63) is 54.6 Å². The van der Waals surface area contributed by atoms with Gasteiger partial charge in [0.15, 0.2) is 11.2 Å². The van der Waals surface area contributed by atoms with Gasteiger partial charge >= 0.3 is 5.69 Å². The Morgan fingerprint density at radius 3 is 2.59 bits per heavy atom. The van der Waals surface area contributed by atoms with E-state index in [1.165, 1.54) is 11.6 Å². The number of ether oxygens (including phenoxy) is 1. The molecule has 0 spiro atoms. The molecule has 4 rings (SSSR count). The molecule has 1 aliphatic rings. The molecule has 1 fully saturated rings. The van der Waals surface area contributed by atoms with Gasteiger partial charge in [0.1, 0.15) is 0 Å². The minimum absolute atomic E-state index is 0.311. The van der Waals surface area contributed by atoms with Crippen molar-refractivity contribution >= 4 is 40.3 Å². The molecule has 1 saturated heterocycles. The largest absolute Gasteiger partial charge is 0.379 e. The predicted octanol–water partition coefficient (Wildman–Crippen LogP) is 1.92. The molecule has 0 saturated carbocycles. The van der Waals surface area contributed by atoms with E-state index in [2.05, 4.69) is 15.2 Å². The van der Waals surface area contributed by atoms with Crippen LogP contribution < -0.4 is 16.6 Å². The third-order valence-electron chi connectivity index (χ3n) is 5.73. The standard InChI is InChI=1S/C21H26Cl2N6O3/c1-26-18-17(19(30)27(2)21(26)31)29(13-14-4-5-15(22)12-16(14)23)20(25-18)24-6-3-7-28-8-10-32-11-9-28/h4-5,12H,3,6-11,13H2,1-2H3,(H,24,25). The van der Waals surface area contributed by atoms with Crippen molar-refractivity contribution in [2.45, 2.75) is 13.0 Å². The number of rotatable bonds is 7. The monoisotopic (exact) mass is 480 g/mol. The van der Waals surface area contributed by atoms with Crippen molar-refractivity contribution in [3.8, 4) is 0 Å². The molecule has 2 aromatic heterocycles. The number of morpholine rings is 1. The van der Waals surface area contributed by atoms with Crippen LogP contribution in [0.2, 0.25) is 10.0 Å². The van der Waals surface area contributed by atoms with Gasteiger partial charge in [-0.25, -0.2) is 4.79 Å². The quantitative estimate of drug-likeness (QED) is 0.519. The summed E-state index contributed by atoms with van der Waals surface area (Å²) in [6.45, 7) is 5.33. The highest BCUT2D eigenvalue weighted by molar-refractivity contribution is 6.35. The van der Waals surface area contributed by atoms with Crippen LogP contribution in [0.15, 0.2) is 27.8 Å². The number of aryl methyl sites for hydroxylation is 1. The summed E-state index contributed by atoms with van der Waals surface area (Å²) in [4.78, 5) is 32.4. The number of aromatic nitrogens is 4. The van der Waals surface area contributed by atoms with Gasteiger partial charge in [-0.2, -0.15) is 4.98 Å². The summed E-state index contributed by atoms with van der Waals surface area (Å²) in [6.07, 6.45) is 0.905. The molecular weight excluding hydrogens is 455 g/mol. The van der Waals surface area contributed by atoms with E-state index in [0.717, 1.165) is 49.4 Å². The van der Waals surface area contributed by atoms with Crippen LogP contribution in [-0.2, 0) is 25.4 Å². The predicted molar refractivity (Wildman–Crippen MR) is 126 cm³/mol. The molecule has 32 heavy (non-hydrogen) atoms. The summed E-state index contributed by atoms with van der Waals surface area (Å²) < 4.78 is 9.64. The second-order valence-electron chi connectivity index (χ2n) is 7.87. The summed E-state index contributed by atoms with van der Waals surface area (Å²) in [5.74, 6) is 0.520. The van der Waals surface area contributed by atoms with Gasteiger partial charge in [-0.05, 0) is 30.7 Å². The lowest BCUT2D eigenvalue weighted by Gasteiger charge is -2.26. The molecule has 0 unspecified atom stereocenters. The molecule has 0 atom stereocenters. The average Bonchev–Trinajstić information content (AvgIpc) is 3.14. The summed E-state index contributed by atoms with van der Waals surface area (Å²) in [5, 5.41) is 4.38. The molecule has 3 heterocycles. The molecule has 0 amide bonds. The number of anilines is 1. The SMILES string of the molecule is Cn1c(=O)c2c(nc(NCCCN3CCOCC3)n2Cc2ccc(Cl)cc2Cl)n(C)c1=O. The molecule has 0 aliphatic carbocycles. The molecule has 1 N–H and O–H groups in total. The number of hydrogen-bond acceptors (Lipinski definition) is 6. The Morgan fingerprint density at radius 2 is 1.88 bits per heavy atom. The van der Waals surface area contributed by atoms with Gasteiger partial charge in [-0.15, -0.1) is 0 Å². The normalized spacial score (nSPS) is 14.9. The lowest BCUT2D eigenvalue weighted by atomic mass is 10.2. The van der Waals surface area contributed by atoms with Crippen molar-refractivity contribution in [2.24, 2.45) is 14.1 Å². The molecule has 172 valence electrons. The van der Waals surface area contributed by atoms with E-state index in [1.807, 2.05) is 6.07 Å². The summed E-state index contributed by atoms with van der Waals surface area (Å²) in [6, 6.07) is 5.25. The van der Waals surface area contributed by atoms with Crippen molar-refractivity contribution in [2.75, 3.05) is 44.7 Å².